The standard InChI is InChI=1S/C8H9N5/c1-6-4-10-8(5-9-6)12-7-2-3-11-13-7/h2-5H,1H3,(H2,10,11,12,13). The molecule has 0 atom stereocenters. The van der Waals surface area contributed by atoms with Crippen molar-refractivity contribution in [2.75, 3.05) is 5.32 Å². The van der Waals surface area contributed by atoms with Gasteiger partial charge < -0.3 is 5.32 Å². The van der Waals surface area contributed by atoms with Crippen LogP contribution in [-0.2, 0) is 0 Å². The molecule has 0 aliphatic carbocycles. The summed E-state index contributed by atoms with van der Waals surface area (Å²) in [6, 6.07) is 1.82. The van der Waals surface area contributed by atoms with Crippen molar-refractivity contribution in [3.05, 3.63) is 30.4 Å². The van der Waals surface area contributed by atoms with Crippen LogP contribution in [0.5, 0.6) is 0 Å². The first-order valence-electron chi connectivity index (χ1n) is 3.89. The monoisotopic (exact) mass is 175 g/mol. The Labute approximate surface area is 75.2 Å². The minimum absolute atomic E-state index is 0.704. The van der Waals surface area contributed by atoms with Crippen LogP contribution >= 0.6 is 0 Å². The average molecular weight is 175 g/mol. The van der Waals surface area contributed by atoms with Crippen LogP contribution in [0.15, 0.2) is 24.7 Å². The molecule has 2 heterocycles. The second-order valence-corrected chi connectivity index (χ2v) is 2.64. The molecule has 5 nitrogen and oxygen atoms in total. The summed E-state index contributed by atoms with van der Waals surface area (Å²) in [5, 5.41) is 9.59. The van der Waals surface area contributed by atoms with Crippen molar-refractivity contribution in [1.82, 2.24) is 20.2 Å². The molecule has 5 heteroatoms. The van der Waals surface area contributed by atoms with E-state index in [-0.39, 0.29) is 0 Å². The van der Waals surface area contributed by atoms with Crippen molar-refractivity contribution < 1.29 is 0 Å². The van der Waals surface area contributed by atoms with Crippen LogP contribution in [0.2, 0.25) is 0 Å². The average Bonchev–Trinajstić information content (AvgIpc) is 2.62. The van der Waals surface area contributed by atoms with E-state index in [4.69, 9.17) is 0 Å². The van der Waals surface area contributed by atoms with E-state index in [1.54, 1.807) is 18.6 Å². The molecule has 0 saturated heterocycles. The summed E-state index contributed by atoms with van der Waals surface area (Å²) < 4.78 is 0. The van der Waals surface area contributed by atoms with E-state index in [1.807, 2.05) is 13.0 Å². The first kappa shape index (κ1) is 7.72. The summed E-state index contributed by atoms with van der Waals surface area (Å²) in [5.41, 5.74) is 0.898. The molecule has 0 saturated carbocycles. The van der Waals surface area contributed by atoms with Crippen molar-refractivity contribution in [2.24, 2.45) is 0 Å². The fourth-order valence-corrected chi connectivity index (χ4v) is 0.921. The van der Waals surface area contributed by atoms with E-state index >= 15 is 0 Å². The predicted molar refractivity (Wildman–Crippen MR) is 48.6 cm³/mol. The maximum atomic E-state index is 4.13. The fraction of sp³-hybridized carbons (Fsp3) is 0.125. The van der Waals surface area contributed by atoms with E-state index in [2.05, 4.69) is 25.5 Å². The number of hydrogen-bond donors (Lipinski definition) is 2. The molecule has 2 rings (SSSR count). The van der Waals surface area contributed by atoms with Gasteiger partial charge in [-0.2, -0.15) is 5.10 Å². The van der Waals surface area contributed by atoms with Crippen LogP contribution in [0.25, 0.3) is 0 Å². The van der Waals surface area contributed by atoms with Crippen LogP contribution in [0.4, 0.5) is 11.6 Å². The van der Waals surface area contributed by atoms with Gasteiger partial charge in [0.05, 0.1) is 24.3 Å². The number of aryl methyl sites for hydroxylation is 1. The zero-order valence-corrected chi connectivity index (χ0v) is 7.15. The SMILES string of the molecule is Cc1cnc(Nc2ccn[nH]2)cn1. The number of anilines is 2. The van der Waals surface area contributed by atoms with Gasteiger partial charge in [0.25, 0.3) is 0 Å². The number of rotatable bonds is 2. The third kappa shape index (κ3) is 1.81. The maximum Gasteiger partial charge on any atom is 0.150 e. The zero-order chi connectivity index (χ0) is 9.10. The molecule has 0 aliphatic heterocycles. The Kier molecular flexibility index (Phi) is 1.91. The quantitative estimate of drug-likeness (QED) is 0.720. The van der Waals surface area contributed by atoms with Gasteiger partial charge in [-0.15, -0.1) is 0 Å². The highest BCUT2D eigenvalue weighted by molar-refractivity contribution is 5.48. The summed E-state index contributed by atoms with van der Waals surface area (Å²) in [6.07, 6.45) is 5.05. The first-order valence-corrected chi connectivity index (χ1v) is 3.89. The van der Waals surface area contributed by atoms with Crippen molar-refractivity contribution in [2.45, 2.75) is 6.92 Å². The lowest BCUT2D eigenvalue weighted by atomic mass is 10.5. The molecule has 0 aliphatic rings. The topological polar surface area (TPSA) is 66.5 Å². The molecule has 66 valence electrons. The van der Waals surface area contributed by atoms with Crippen LogP contribution in [0, 0.1) is 6.92 Å². The van der Waals surface area contributed by atoms with Gasteiger partial charge in [0, 0.05) is 6.07 Å². The lowest BCUT2D eigenvalue weighted by molar-refractivity contribution is 1.08. The molecular weight excluding hydrogens is 166 g/mol. The smallest absolute Gasteiger partial charge is 0.150 e. The molecule has 0 radical (unpaired) electrons. The molecule has 0 amide bonds. The van der Waals surface area contributed by atoms with Gasteiger partial charge in [-0.25, -0.2) is 4.98 Å². The van der Waals surface area contributed by atoms with Gasteiger partial charge in [-0.3, -0.25) is 10.1 Å². The minimum atomic E-state index is 0.704. The summed E-state index contributed by atoms with van der Waals surface area (Å²) >= 11 is 0. The van der Waals surface area contributed by atoms with Crippen molar-refractivity contribution >= 4 is 11.6 Å². The summed E-state index contributed by atoms with van der Waals surface area (Å²) in [4.78, 5) is 8.23. The number of hydrogen-bond acceptors (Lipinski definition) is 4. The van der Waals surface area contributed by atoms with Crippen LogP contribution < -0.4 is 5.32 Å². The third-order valence-corrected chi connectivity index (χ3v) is 1.54. The fourth-order valence-electron chi connectivity index (χ4n) is 0.921. The Morgan fingerprint density at radius 1 is 1.31 bits per heavy atom. The summed E-state index contributed by atoms with van der Waals surface area (Å²) in [6.45, 7) is 1.90. The second-order valence-electron chi connectivity index (χ2n) is 2.64. The largest absolute Gasteiger partial charge is 0.324 e. The van der Waals surface area contributed by atoms with Gasteiger partial charge in [0.2, 0.25) is 0 Å². The molecule has 13 heavy (non-hydrogen) atoms. The second kappa shape index (κ2) is 3.22. The highest BCUT2D eigenvalue weighted by Gasteiger charge is 1.95. The molecule has 0 fully saturated rings. The Bertz CT molecular complexity index is 364. The zero-order valence-electron chi connectivity index (χ0n) is 7.15. The number of aromatic nitrogens is 4. The van der Waals surface area contributed by atoms with Gasteiger partial charge in [-0.05, 0) is 6.92 Å². The molecule has 2 N–H and O–H groups in total. The van der Waals surface area contributed by atoms with Gasteiger partial charge >= 0.3 is 0 Å². The Morgan fingerprint density at radius 2 is 2.23 bits per heavy atom. The lowest BCUT2D eigenvalue weighted by Gasteiger charge is -2.00. The van der Waals surface area contributed by atoms with Gasteiger partial charge in [0.1, 0.15) is 11.6 Å². The summed E-state index contributed by atoms with van der Waals surface area (Å²) in [7, 11) is 0. The summed E-state index contributed by atoms with van der Waals surface area (Å²) in [5.74, 6) is 1.51. The number of H-pyrrole nitrogens is 1. The first-order chi connectivity index (χ1) is 6.34. The van der Waals surface area contributed by atoms with E-state index in [1.165, 1.54) is 0 Å². The molecule has 0 bridgehead atoms. The highest BCUT2D eigenvalue weighted by atomic mass is 15.2. The number of nitrogens with zero attached hydrogens (tertiary/aromatic N) is 3. The van der Waals surface area contributed by atoms with Crippen LogP contribution in [-0.4, -0.2) is 20.2 Å². The normalized spacial score (nSPS) is 9.92. The van der Waals surface area contributed by atoms with Crippen molar-refractivity contribution in [3.8, 4) is 0 Å². The molecule has 0 aromatic carbocycles. The van der Waals surface area contributed by atoms with Gasteiger partial charge in [0.15, 0.2) is 0 Å². The molecule has 0 spiro atoms. The molecule has 0 unspecified atom stereocenters. The van der Waals surface area contributed by atoms with E-state index in [0.717, 1.165) is 11.5 Å². The minimum Gasteiger partial charge on any atom is -0.324 e. The Balaban J connectivity index is 2.15. The molecule has 2 aromatic heterocycles. The lowest BCUT2D eigenvalue weighted by Crippen LogP contribution is -1.95. The van der Waals surface area contributed by atoms with Crippen molar-refractivity contribution in [3.63, 3.8) is 0 Å². The maximum absolute atomic E-state index is 4.13. The van der Waals surface area contributed by atoms with Gasteiger partial charge in [-0.1, -0.05) is 0 Å². The Hall–Kier alpha value is -1.91. The predicted octanol–water partition coefficient (Wildman–Crippen LogP) is 1.25. The Morgan fingerprint density at radius 3 is 2.85 bits per heavy atom. The number of aromatic amines is 1. The number of nitrogens with one attached hydrogen (secondary N) is 2. The highest BCUT2D eigenvalue weighted by Crippen LogP contribution is 2.08. The van der Waals surface area contributed by atoms with Crippen LogP contribution in [0.3, 0.4) is 0 Å². The van der Waals surface area contributed by atoms with E-state index in [0.29, 0.717) is 5.82 Å². The van der Waals surface area contributed by atoms with Crippen molar-refractivity contribution in [1.29, 1.82) is 0 Å². The van der Waals surface area contributed by atoms with Crippen LogP contribution in [0.1, 0.15) is 5.69 Å². The van der Waals surface area contributed by atoms with E-state index < -0.39 is 0 Å². The molecule has 2 aromatic rings. The third-order valence-electron chi connectivity index (χ3n) is 1.54. The molecular formula is C8H9N5. The van der Waals surface area contributed by atoms with E-state index in [9.17, 15) is 0 Å².